The van der Waals surface area contributed by atoms with Gasteiger partial charge in [0.25, 0.3) is 0 Å². The average Bonchev–Trinajstić information content (AvgIpc) is 2.74. The number of allylic oxidation sites excluding steroid dienone is 1. The molecule has 0 aliphatic carbocycles. The van der Waals surface area contributed by atoms with Gasteiger partial charge in [-0.2, -0.15) is 0 Å². The first-order valence-corrected chi connectivity index (χ1v) is 5.18. The summed E-state index contributed by atoms with van der Waals surface area (Å²) in [7, 11) is 0. The molecule has 0 bridgehead atoms. The van der Waals surface area contributed by atoms with Crippen LogP contribution in [0.5, 0.6) is 0 Å². The molecule has 0 spiro atoms. The summed E-state index contributed by atoms with van der Waals surface area (Å²) in [5.74, 6) is 0.931. The molecule has 3 nitrogen and oxygen atoms in total. The molecule has 3 rings (SSSR count). The smallest absolute Gasteiger partial charge is 0.155 e. The zero-order chi connectivity index (χ0) is 10.1. The molecule has 15 heavy (non-hydrogen) atoms. The lowest BCUT2D eigenvalue weighted by Gasteiger charge is -2.16. The Labute approximate surface area is 87.8 Å². The van der Waals surface area contributed by atoms with Crippen LogP contribution in [0.3, 0.4) is 0 Å². The van der Waals surface area contributed by atoms with E-state index in [0.717, 1.165) is 29.7 Å². The van der Waals surface area contributed by atoms with Crippen LogP contribution in [0.25, 0.3) is 11.0 Å². The van der Waals surface area contributed by atoms with Crippen LogP contribution in [0, 0.1) is 0 Å². The van der Waals surface area contributed by atoms with Crippen LogP contribution in [-0.2, 0) is 4.74 Å². The van der Waals surface area contributed by atoms with Crippen LogP contribution in [0.1, 0.15) is 24.8 Å². The maximum atomic E-state index is 5.52. The minimum atomic E-state index is 0.0856. The third-order valence-corrected chi connectivity index (χ3v) is 2.65. The largest absolute Gasteiger partial charge is 0.490 e. The Bertz CT molecular complexity index is 468. The molecule has 0 radical (unpaired) electrons. The molecule has 0 saturated heterocycles. The average molecular weight is 200 g/mol. The Morgan fingerprint density at radius 3 is 3.07 bits per heavy atom. The van der Waals surface area contributed by atoms with Crippen LogP contribution in [0.2, 0.25) is 0 Å². The van der Waals surface area contributed by atoms with Gasteiger partial charge in [0.2, 0.25) is 0 Å². The summed E-state index contributed by atoms with van der Waals surface area (Å²) >= 11 is 0. The number of hydrogen-bond donors (Lipinski definition) is 1. The van der Waals surface area contributed by atoms with Crippen LogP contribution in [0.4, 0.5) is 0 Å². The number of ether oxygens (including phenoxy) is 1. The molecule has 76 valence electrons. The van der Waals surface area contributed by atoms with Gasteiger partial charge in [-0.1, -0.05) is 12.1 Å². The summed E-state index contributed by atoms with van der Waals surface area (Å²) in [5.41, 5.74) is 2.08. The fourth-order valence-corrected chi connectivity index (χ4v) is 1.86. The van der Waals surface area contributed by atoms with Gasteiger partial charge in [0.1, 0.15) is 5.82 Å². The van der Waals surface area contributed by atoms with Gasteiger partial charge in [-0.05, 0) is 31.1 Å². The Morgan fingerprint density at radius 1 is 1.33 bits per heavy atom. The number of benzene rings is 1. The quantitative estimate of drug-likeness (QED) is 0.768. The second-order valence-corrected chi connectivity index (χ2v) is 3.71. The lowest BCUT2D eigenvalue weighted by molar-refractivity contribution is 0.118. The van der Waals surface area contributed by atoms with Crippen LogP contribution in [-0.4, -0.2) is 9.97 Å². The highest BCUT2D eigenvalue weighted by atomic mass is 16.5. The molecule has 0 amide bonds. The van der Waals surface area contributed by atoms with Gasteiger partial charge in [0.15, 0.2) is 6.10 Å². The van der Waals surface area contributed by atoms with E-state index in [0.29, 0.717) is 0 Å². The molecule has 1 N–H and O–H groups in total. The van der Waals surface area contributed by atoms with E-state index in [1.54, 1.807) is 6.26 Å². The molecule has 2 heterocycles. The normalized spacial score (nSPS) is 20.4. The maximum absolute atomic E-state index is 5.52. The number of aromatic nitrogens is 2. The Balaban J connectivity index is 2.00. The van der Waals surface area contributed by atoms with Crippen molar-refractivity contribution in [2.45, 2.75) is 18.9 Å². The van der Waals surface area contributed by atoms with E-state index in [1.165, 1.54) is 0 Å². The lowest BCUT2D eigenvalue weighted by Crippen LogP contribution is -2.05. The maximum Gasteiger partial charge on any atom is 0.155 e. The number of nitrogens with zero attached hydrogens (tertiary/aromatic N) is 1. The molecule has 0 unspecified atom stereocenters. The summed E-state index contributed by atoms with van der Waals surface area (Å²) in [6.07, 6.45) is 5.95. The summed E-state index contributed by atoms with van der Waals surface area (Å²) < 4.78 is 5.52. The van der Waals surface area contributed by atoms with Crippen molar-refractivity contribution < 1.29 is 4.74 Å². The Morgan fingerprint density at radius 2 is 2.27 bits per heavy atom. The van der Waals surface area contributed by atoms with Crippen molar-refractivity contribution in [3.8, 4) is 0 Å². The summed E-state index contributed by atoms with van der Waals surface area (Å²) in [5, 5.41) is 0. The van der Waals surface area contributed by atoms with Gasteiger partial charge in [-0.25, -0.2) is 4.98 Å². The third kappa shape index (κ3) is 1.50. The minimum absolute atomic E-state index is 0.0856. The van der Waals surface area contributed by atoms with Crippen LogP contribution in [0.15, 0.2) is 36.6 Å². The summed E-state index contributed by atoms with van der Waals surface area (Å²) in [6, 6.07) is 8.04. The summed E-state index contributed by atoms with van der Waals surface area (Å²) in [6.45, 7) is 0. The first-order chi connectivity index (χ1) is 7.43. The zero-order valence-electron chi connectivity index (χ0n) is 8.31. The van der Waals surface area contributed by atoms with E-state index >= 15 is 0 Å². The number of rotatable bonds is 1. The van der Waals surface area contributed by atoms with Crippen molar-refractivity contribution in [1.29, 1.82) is 0 Å². The highest BCUT2D eigenvalue weighted by Crippen LogP contribution is 2.26. The number of H-pyrrole nitrogens is 1. The van der Waals surface area contributed by atoms with Crippen molar-refractivity contribution in [3.63, 3.8) is 0 Å². The van der Waals surface area contributed by atoms with Gasteiger partial charge in [0, 0.05) is 0 Å². The number of para-hydroxylation sites is 2. The van der Waals surface area contributed by atoms with E-state index < -0.39 is 0 Å². The fourth-order valence-electron chi connectivity index (χ4n) is 1.86. The van der Waals surface area contributed by atoms with E-state index in [9.17, 15) is 0 Å². The predicted molar refractivity (Wildman–Crippen MR) is 58.3 cm³/mol. The third-order valence-electron chi connectivity index (χ3n) is 2.65. The van der Waals surface area contributed by atoms with Gasteiger partial charge in [-0.3, -0.25) is 0 Å². The number of aromatic amines is 1. The molecule has 2 aromatic rings. The lowest BCUT2D eigenvalue weighted by atomic mass is 10.1. The standard InChI is InChI=1S/C12H12N2O/c1-2-6-10-9(5-1)13-12(14-10)11-7-3-4-8-15-11/h1-2,4-6,8,11H,3,7H2,(H,13,14)/t11-/m1/s1. The molecule has 0 saturated carbocycles. The second kappa shape index (κ2) is 3.42. The highest BCUT2D eigenvalue weighted by Gasteiger charge is 2.17. The number of hydrogen-bond acceptors (Lipinski definition) is 2. The van der Waals surface area contributed by atoms with Crippen LogP contribution >= 0.6 is 0 Å². The zero-order valence-corrected chi connectivity index (χ0v) is 8.31. The predicted octanol–water partition coefficient (Wildman–Crippen LogP) is 2.93. The van der Waals surface area contributed by atoms with Crippen LogP contribution < -0.4 is 0 Å². The second-order valence-electron chi connectivity index (χ2n) is 3.71. The number of imidazole rings is 1. The van der Waals surface area contributed by atoms with Crippen molar-refractivity contribution >= 4 is 11.0 Å². The van der Waals surface area contributed by atoms with Gasteiger partial charge in [-0.15, -0.1) is 0 Å². The molecule has 1 aliphatic heterocycles. The monoisotopic (exact) mass is 200 g/mol. The van der Waals surface area contributed by atoms with Crippen molar-refractivity contribution in [2.24, 2.45) is 0 Å². The molecule has 1 aromatic heterocycles. The van der Waals surface area contributed by atoms with E-state index in [2.05, 4.69) is 9.97 Å². The number of nitrogens with one attached hydrogen (secondary N) is 1. The van der Waals surface area contributed by atoms with Crippen molar-refractivity contribution in [3.05, 3.63) is 42.4 Å². The Hall–Kier alpha value is -1.77. The topological polar surface area (TPSA) is 37.9 Å². The van der Waals surface area contributed by atoms with Crippen molar-refractivity contribution in [1.82, 2.24) is 9.97 Å². The van der Waals surface area contributed by atoms with E-state index in [-0.39, 0.29) is 6.10 Å². The summed E-state index contributed by atoms with van der Waals surface area (Å²) in [4.78, 5) is 7.82. The number of fused-ring (bicyclic) bond motifs is 1. The van der Waals surface area contributed by atoms with Gasteiger partial charge in [0.05, 0.1) is 17.3 Å². The molecule has 1 aliphatic rings. The van der Waals surface area contributed by atoms with E-state index in [4.69, 9.17) is 4.74 Å². The molecule has 1 aromatic carbocycles. The van der Waals surface area contributed by atoms with Gasteiger partial charge < -0.3 is 9.72 Å². The minimum Gasteiger partial charge on any atom is -0.490 e. The fraction of sp³-hybridized carbons (Fsp3) is 0.250. The highest BCUT2D eigenvalue weighted by molar-refractivity contribution is 5.74. The SMILES string of the molecule is C1=CO[C@@H](c2nc3ccccc3[nH]2)CC1. The van der Waals surface area contributed by atoms with Gasteiger partial charge >= 0.3 is 0 Å². The molecule has 1 atom stereocenters. The molecule has 3 heteroatoms. The molecule has 0 fully saturated rings. The first-order valence-electron chi connectivity index (χ1n) is 5.18. The first kappa shape index (κ1) is 8.53. The molecular formula is C12H12N2O. The van der Waals surface area contributed by atoms with E-state index in [1.807, 2.05) is 30.3 Å². The van der Waals surface area contributed by atoms with Crippen molar-refractivity contribution in [2.75, 3.05) is 0 Å². The Kier molecular flexibility index (Phi) is 1.95. The molecular weight excluding hydrogens is 188 g/mol.